The molecule has 0 atom stereocenters. The fourth-order valence-corrected chi connectivity index (χ4v) is 9.03. The van der Waals surface area contributed by atoms with E-state index in [2.05, 4.69) is 188 Å². The summed E-state index contributed by atoms with van der Waals surface area (Å²) in [5.74, 6) is 0.691. The maximum atomic E-state index is 6.63. The van der Waals surface area contributed by atoms with Crippen molar-refractivity contribution in [2.75, 3.05) is 0 Å². The first-order valence-electron chi connectivity index (χ1n) is 21.3. The van der Waals surface area contributed by atoms with Crippen LogP contribution >= 0.6 is 0 Å². The molecule has 12 rings (SSSR count). The van der Waals surface area contributed by atoms with E-state index >= 15 is 0 Å². The minimum atomic E-state index is 0.691. The number of furan rings is 1. The summed E-state index contributed by atoms with van der Waals surface area (Å²) in [5.41, 5.74) is 16.3. The number of hydrogen-bond acceptors (Lipinski definition) is 4. The number of para-hydroxylation sites is 2. The second-order valence-corrected chi connectivity index (χ2v) is 15.9. The molecule has 63 heavy (non-hydrogen) atoms. The van der Waals surface area contributed by atoms with Crippen molar-refractivity contribution >= 4 is 43.6 Å². The fraction of sp³-hybridized carbons (Fsp3) is 0. The summed E-state index contributed by atoms with van der Waals surface area (Å²) in [5, 5.41) is 5.53. The molecular formula is C59H37N3O. The van der Waals surface area contributed by atoms with E-state index in [0.29, 0.717) is 5.82 Å². The van der Waals surface area contributed by atoms with Crippen LogP contribution in [-0.2, 0) is 0 Å². The number of rotatable bonds is 7. The van der Waals surface area contributed by atoms with Crippen molar-refractivity contribution in [1.29, 1.82) is 0 Å². The Bertz CT molecular complexity index is 3640. The highest BCUT2D eigenvalue weighted by Crippen LogP contribution is 2.46. The van der Waals surface area contributed by atoms with Crippen LogP contribution in [0.1, 0.15) is 0 Å². The van der Waals surface area contributed by atoms with Crippen LogP contribution in [0.4, 0.5) is 0 Å². The van der Waals surface area contributed by atoms with Gasteiger partial charge in [-0.3, -0.25) is 0 Å². The monoisotopic (exact) mass is 803 g/mol. The number of benzene rings is 9. The summed E-state index contributed by atoms with van der Waals surface area (Å²) in [6, 6.07) is 78.5. The minimum absolute atomic E-state index is 0.691. The van der Waals surface area contributed by atoms with E-state index in [1.54, 1.807) is 0 Å². The van der Waals surface area contributed by atoms with E-state index in [9.17, 15) is 0 Å². The Morgan fingerprint density at radius 2 is 0.810 bits per heavy atom. The zero-order chi connectivity index (χ0) is 41.7. The third kappa shape index (κ3) is 6.53. The van der Waals surface area contributed by atoms with Crippen LogP contribution in [0.5, 0.6) is 0 Å². The number of aromatic nitrogens is 3. The topological polar surface area (TPSA) is 51.8 Å². The lowest BCUT2D eigenvalue weighted by Crippen LogP contribution is -1.96. The van der Waals surface area contributed by atoms with Gasteiger partial charge in [0.05, 0.1) is 22.6 Å². The largest absolute Gasteiger partial charge is 0.456 e. The molecule has 0 bridgehead atoms. The Morgan fingerprint density at radius 1 is 0.286 bits per heavy atom. The van der Waals surface area contributed by atoms with Gasteiger partial charge in [0, 0.05) is 54.7 Å². The molecule has 0 fully saturated rings. The van der Waals surface area contributed by atoms with Crippen LogP contribution in [0, 0.1) is 0 Å². The summed E-state index contributed by atoms with van der Waals surface area (Å²) in [6.07, 6.45) is 0. The lowest BCUT2D eigenvalue weighted by atomic mass is 9.89. The van der Waals surface area contributed by atoms with Crippen molar-refractivity contribution in [3.8, 4) is 78.5 Å². The summed E-state index contributed by atoms with van der Waals surface area (Å²) >= 11 is 0. The molecule has 0 spiro atoms. The van der Waals surface area contributed by atoms with Gasteiger partial charge < -0.3 is 4.42 Å². The molecule has 0 aliphatic rings. The van der Waals surface area contributed by atoms with E-state index in [1.807, 2.05) is 36.4 Å². The zero-order valence-corrected chi connectivity index (χ0v) is 34.1. The van der Waals surface area contributed by atoms with E-state index < -0.39 is 0 Å². The number of pyridine rings is 1. The van der Waals surface area contributed by atoms with Gasteiger partial charge in [0.1, 0.15) is 11.2 Å². The summed E-state index contributed by atoms with van der Waals surface area (Å²) in [4.78, 5) is 15.5. The number of hydrogen-bond donors (Lipinski definition) is 0. The van der Waals surface area contributed by atoms with E-state index in [0.717, 1.165) is 105 Å². The highest BCUT2D eigenvalue weighted by molar-refractivity contribution is 6.27. The molecule has 3 heterocycles. The van der Waals surface area contributed by atoms with Crippen molar-refractivity contribution in [3.05, 3.63) is 224 Å². The molecule has 0 aliphatic carbocycles. The van der Waals surface area contributed by atoms with Gasteiger partial charge in [-0.15, -0.1) is 0 Å². The fourth-order valence-electron chi connectivity index (χ4n) is 9.03. The van der Waals surface area contributed by atoms with E-state index in [1.165, 1.54) is 11.1 Å². The Kier molecular flexibility index (Phi) is 8.79. The van der Waals surface area contributed by atoms with Gasteiger partial charge in [0.25, 0.3) is 0 Å². The summed E-state index contributed by atoms with van der Waals surface area (Å²) < 4.78 is 6.63. The zero-order valence-electron chi connectivity index (χ0n) is 34.1. The van der Waals surface area contributed by atoms with Crippen molar-refractivity contribution in [2.24, 2.45) is 0 Å². The van der Waals surface area contributed by atoms with Gasteiger partial charge in [0.2, 0.25) is 0 Å². The lowest BCUT2D eigenvalue weighted by molar-refractivity contribution is 0.669. The SMILES string of the molecule is c1ccc(-c2ccc(-c3cc(-c4cccc(-c5ccc(-c6c7c(cc8c(-c9ccccc9)nc9ccccc9c68)oc6ccccc67)cc5)c4)nc(-c4ccccc4)n3)cc2)cc1. The molecule has 0 N–H and O–H groups in total. The summed E-state index contributed by atoms with van der Waals surface area (Å²) in [7, 11) is 0. The van der Waals surface area contributed by atoms with Crippen molar-refractivity contribution in [2.45, 2.75) is 0 Å². The van der Waals surface area contributed by atoms with Crippen LogP contribution in [0.15, 0.2) is 229 Å². The third-order valence-corrected chi connectivity index (χ3v) is 12.1. The molecule has 0 amide bonds. The van der Waals surface area contributed by atoms with Gasteiger partial charge in [-0.05, 0) is 58.1 Å². The molecule has 9 aromatic carbocycles. The van der Waals surface area contributed by atoms with Crippen LogP contribution in [0.3, 0.4) is 0 Å². The van der Waals surface area contributed by atoms with Gasteiger partial charge >= 0.3 is 0 Å². The molecule has 0 saturated heterocycles. The van der Waals surface area contributed by atoms with Gasteiger partial charge in [-0.1, -0.05) is 194 Å². The molecule has 0 radical (unpaired) electrons. The second kappa shape index (κ2) is 15.2. The molecule has 4 nitrogen and oxygen atoms in total. The minimum Gasteiger partial charge on any atom is -0.456 e. The lowest BCUT2D eigenvalue weighted by Gasteiger charge is -2.16. The average molecular weight is 804 g/mol. The highest BCUT2D eigenvalue weighted by Gasteiger charge is 2.22. The average Bonchev–Trinajstić information content (AvgIpc) is 3.74. The predicted molar refractivity (Wildman–Crippen MR) is 260 cm³/mol. The maximum Gasteiger partial charge on any atom is 0.160 e. The molecule has 12 aromatic rings. The highest BCUT2D eigenvalue weighted by atomic mass is 16.3. The first kappa shape index (κ1) is 36.4. The van der Waals surface area contributed by atoms with Gasteiger partial charge in [-0.25, -0.2) is 15.0 Å². The Balaban J connectivity index is 0.987. The smallest absolute Gasteiger partial charge is 0.160 e. The van der Waals surface area contributed by atoms with Crippen LogP contribution in [-0.4, -0.2) is 15.0 Å². The molecule has 294 valence electrons. The Hall–Kier alpha value is -8.47. The first-order chi connectivity index (χ1) is 31.2. The van der Waals surface area contributed by atoms with Gasteiger partial charge in [0.15, 0.2) is 5.82 Å². The van der Waals surface area contributed by atoms with E-state index in [4.69, 9.17) is 19.4 Å². The van der Waals surface area contributed by atoms with Crippen LogP contribution in [0.25, 0.3) is 122 Å². The Morgan fingerprint density at radius 3 is 1.54 bits per heavy atom. The number of fused-ring (bicyclic) bond motifs is 6. The van der Waals surface area contributed by atoms with Crippen LogP contribution in [0.2, 0.25) is 0 Å². The quantitative estimate of drug-likeness (QED) is 0.151. The Labute approximate surface area is 364 Å². The number of nitrogens with zero attached hydrogens (tertiary/aromatic N) is 3. The van der Waals surface area contributed by atoms with Gasteiger partial charge in [-0.2, -0.15) is 0 Å². The standard InChI is InChI=1S/C59H37N3O/c1-4-15-38(16-5-1)39-27-31-41(32-28-39)51-37-52(62-59(61-51)44-19-8-3-9-20-44)46-22-14-21-45(35-46)40-29-33-42(34-30-40)55-56-47-23-10-12-25-50(47)60-58(43-17-6-2-7-18-43)49(56)36-54-57(55)48-24-11-13-26-53(48)63-54/h1-37H. The van der Waals surface area contributed by atoms with E-state index in [-0.39, 0.29) is 0 Å². The van der Waals surface area contributed by atoms with Crippen LogP contribution < -0.4 is 0 Å². The first-order valence-corrected chi connectivity index (χ1v) is 21.3. The maximum absolute atomic E-state index is 6.63. The normalized spacial score (nSPS) is 11.5. The second-order valence-electron chi connectivity index (χ2n) is 15.9. The molecular weight excluding hydrogens is 767 g/mol. The predicted octanol–water partition coefficient (Wildman–Crippen LogP) is 15.7. The van der Waals surface area contributed by atoms with Crippen molar-refractivity contribution in [3.63, 3.8) is 0 Å². The molecule has 4 heteroatoms. The van der Waals surface area contributed by atoms with Crippen molar-refractivity contribution < 1.29 is 4.42 Å². The molecule has 0 aliphatic heterocycles. The molecule has 3 aromatic heterocycles. The van der Waals surface area contributed by atoms with Crippen molar-refractivity contribution in [1.82, 2.24) is 15.0 Å². The molecule has 0 saturated carbocycles. The third-order valence-electron chi connectivity index (χ3n) is 12.1. The summed E-state index contributed by atoms with van der Waals surface area (Å²) in [6.45, 7) is 0. The molecule has 0 unspecified atom stereocenters.